The average molecular weight is 435 g/mol. The van der Waals surface area contributed by atoms with E-state index in [1.165, 1.54) is 0 Å². The number of hydrogen-bond acceptors (Lipinski definition) is 15. The summed E-state index contributed by atoms with van der Waals surface area (Å²) in [4.78, 5) is 41.2. The van der Waals surface area contributed by atoms with Crippen LogP contribution in [-0.4, -0.2) is 25.4 Å². The Labute approximate surface area is 147 Å². The van der Waals surface area contributed by atoms with Gasteiger partial charge in [-0.15, -0.1) is 0 Å². The van der Waals surface area contributed by atoms with Crippen LogP contribution >= 0.6 is 0 Å². The van der Waals surface area contributed by atoms with Crippen molar-refractivity contribution in [2.24, 2.45) is 0 Å². The van der Waals surface area contributed by atoms with E-state index >= 15 is 0 Å². The molecule has 0 fully saturated rings. The predicted molar refractivity (Wildman–Crippen MR) is 63.8 cm³/mol. The zero-order valence-corrected chi connectivity index (χ0v) is 13.8. The molecular weight excluding hydrogens is 427 g/mol. The molecule has 0 aliphatic heterocycles. The van der Waals surface area contributed by atoms with Gasteiger partial charge in [-0.25, -0.2) is 0 Å². The second-order valence-corrected chi connectivity index (χ2v) is 1.12. The third-order valence-corrected chi connectivity index (χ3v) is 0. The minimum atomic E-state index is -1.75. The van der Waals surface area contributed by atoms with E-state index in [4.69, 9.17) is 76.6 Å². The Morgan fingerprint density at radius 3 is 0.348 bits per heavy atom. The molecular formula is H8N7O15Y. The Hall–Kier alpha value is -2.98. The van der Waals surface area contributed by atoms with E-state index in [2.05, 4.69) is 0 Å². The molecule has 0 aromatic rings. The second-order valence-electron chi connectivity index (χ2n) is 1.12. The molecule has 0 atom stereocenters. The van der Waals surface area contributed by atoms with Crippen molar-refractivity contribution >= 4 is 0 Å². The molecule has 0 saturated carbocycles. The summed E-state index contributed by atoms with van der Waals surface area (Å²) in [5.74, 6) is 0. The molecule has 0 amide bonds. The molecule has 0 aliphatic rings. The molecule has 22 nitrogen and oxygen atoms in total. The largest absolute Gasteiger partial charge is 3.00 e. The summed E-state index contributed by atoms with van der Waals surface area (Å²) in [7, 11) is 0. The molecule has 0 aromatic carbocycles. The SMILES string of the molecule is O=[N+]([O-])[O-].O=[N+]([O-])[O-].O=[N+]([O-])[O-].O=[N+]([O-])[O-].O=[N+]([O-])[O-].[NH4+].[NH4+].[Y+3]. The Kier molecular flexibility index (Phi) is 93.2. The van der Waals surface area contributed by atoms with Crippen molar-refractivity contribution in [1.82, 2.24) is 12.3 Å². The Balaban J connectivity index is -0.0000000197. The van der Waals surface area contributed by atoms with Crippen molar-refractivity contribution in [1.29, 1.82) is 0 Å². The molecule has 0 heterocycles. The fourth-order valence-electron chi connectivity index (χ4n) is 0. The minimum Gasteiger partial charge on any atom is -0.369 e. The van der Waals surface area contributed by atoms with Crippen LogP contribution in [0.4, 0.5) is 0 Å². The number of nitrogens with zero attached hydrogens (tertiary/aromatic N) is 5. The maximum Gasteiger partial charge on any atom is 3.00 e. The summed E-state index contributed by atoms with van der Waals surface area (Å²) in [6.07, 6.45) is 0. The van der Waals surface area contributed by atoms with Gasteiger partial charge in [-0.2, -0.15) is 0 Å². The maximum atomic E-state index is 8.25. The van der Waals surface area contributed by atoms with Crippen LogP contribution < -0.4 is 12.3 Å². The van der Waals surface area contributed by atoms with E-state index in [1.54, 1.807) is 0 Å². The summed E-state index contributed by atoms with van der Waals surface area (Å²) in [6.45, 7) is 0. The average Bonchev–Trinajstić information content (AvgIpc) is 1.94. The molecule has 23 heavy (non-hydrogen) atoms. The van der Waals surface area contributed by atoms with E-state index < -0.39 is 25.4 Å². The van der Waals surface area contributed by atoms with Crippen LogP contribution in [0.3, 0.4) is 0 Å². The van der Waals surface area contributed by atoms with E-state index in [-0.39, 0.29) is 45.0 Å². The van der Waals surface area contributed by atoms with Crippen LogP contribution in [0.15, 0.2) is 0 Å². The van der Waals surface area contributed by atoms with Gasteiger partial charge >= 0.3 is 32.7 Å². The molecule has 0 radical (unpaired) electrons. The normalized spacial score (nSPS) is 5.22. The molecule has 0 aliphatic carbocycles. The number of hydrogen-bond donors (Lipinski definition) is 2. The third-order valence-electron chi connectivity index (χ3n) is 0. The van der Waals surface area contributed by atoms with Crippen LogP contribution in [0.1, 0.15) is 0 Å². The van der Waals surface area contributed by atoms with Crippen LogP contribution in [0.25, 0.3) is 0 Å². The summed E-state index contributed by atoms with van der Waals surface area (Å²) in [5.41, 5.74) is 0. The first kappa shape index (κ1) is 50.1. The van der Waals surface area contributed by atoms with E-state index in [0.29, 0.717) is 0 Å². The van der Waals surface area contributed by atoms with Crippen LogP contribution in [0.5, 0.6) is 0 Å². The van der Waals surface area contributed by atoms with Gasteiger partial charge in [0.2, 0.25) is 0 Å². The number of quaternary nitrogens is 2. The van der Waals surface area contributed by atoms with Gasteiger partial charge in [0.25, 0.3) is 0 Å². The van der Waals surface area contributed by atoms with Crippen molar-refractivity contribution in [3.8, 4) is 0 Å². The molecule has 23 heteroatoms. The Bertz CT molecular complexity index is 211. The monoisotopic (exact) mass is 435 g/mol. The van der Waals surface area contributed by atoms with Crippen molar-refractivity contribution in [3.05, 3.63) is 76.6 Å². The zero-order valence-electron chi connectivity index (χ0n) is 10.9. The Morgan fingerprint density at radius 2 is 0.348 bits per heavy atom. The Morgan fingerprint density at radius 1 is 0.348 bits per heavy atom. The van der Waals surface area contributed by atoms with Crippen LogP contribution in [0, 0.1) is 76.6 Å². The molecule has 0 bridgehead atoms. The van der Waals surface area contributed by atoms with E-state index in [1.807, 2.05) is 0 Å². The molecule has 0 spiro atoms. The van der Waals surface area contributed by atoms with Crippen molar-refractivity contribution in [3.63, 3.8) is 0 Å². The number of rotatable bonds is 0. The topological polar surface area (TPSA) is 404 Å². The molecule has 0 aromatic heterocycles. The first-order valence-corrected chi connectivity index (χ1v) is 2.74. The van der Waals surface area contributed by atoms with Gasteiger partial charge in [0, 0.05) is 0 Å². The standard InChI is InChI=1S/5NO3.2H3N.Y/c5*2-1(3)4;;;/h;;;;;2*1H3;/q5*-1;;;+3/p+2. The van der Waals surface area contributed by atoms with Gasteiger partial charge in [0.1, 0.15) is 0 Å². The third kappa shape index (κ3) is 622. The molecule has 0 rings (SSSR count). The summed E-state index contributed by atoms with van der Waals surface area (Å²) < 4.78 is 0. The van der Waals surface area contributed by atoms with Gasteiger partial charge in [-0.3, -0.25) is 0 Å². The summed E-state index contributed by atoms with van der Waals surface area (Å²) >= 11 is 0. The summed E-state index contributed by atoms with van der Waals surface area (Å²) in [6, 6.07) is 0. The maximum absolute atomic E-state index is 8.25. The van der Waals surface area contributed by atoms with Crippen LogP contribution in [0.2, 0.25) is 0 Å². The minimum absolute atomic E-state index is 0. The molecule has 0 unspecified atom stereocenters. The fourth-order valence-corrected chi connectivity index (χ4v) is 0. The first-order valence-electron chi connectivity index (χ1n) is 2.74. The zero-order chi connectivity index (χ0) is 17.9. The van der Waals surface area contributed by atoms with Crippen molar-refractivity contribution < 1.29 is 58.1 Å². The molecule has 136 valence electrons. The van der Waals surface area contributed by atoms with Gasteiger partial charge in [0.05, 0.1) is 25.4 Å². The smallest absolute Gasteiger partial charge is 0.369 e. The fraction of sp³-hybridized carbons (Fsp3) is 0. The quantitative estimate of drug-likeness (QED) is 0.359. The van der Waals surface area contributed by atoms with Gasteiger partial charge in [0.15, 0.2) is 0 Å². The van der Waals surface area contributed by atoms with Crippen molar-refractivity contribution in [2.75, 3.05) is 0 Å². The van der Waals surface area contributed by atoms with E-state index in [9.17, 15) is 0 Å². The van der Waals surface area contributed by atoms with Crippen molar-refractivity contribution in [2.45, 2.75) is 0 Å². The van der Waals surface area contributed by atoms with Gasteiger partial charge < -0.3 is 88.9 Å². The van der Waals surface area contributed by atoms with Crippen LogP contribution in [-0.2, 0) is 32.7 Å². The summed E-state index contributed by atoms with van der Waals surface area (Å²) in [5, 5.41) is 73.8. The van der Waals surface area contributed by atoms with Gasteiger partial charge in [-0.1, -0.05) is 0 Å². The first-order chi connectivity index (χ1) is 8.66. The van der Waals surface area contributed by atoms with E-state index in [0.717, 1.165) is 0 Å². The molecule has 8 N–H and O–H groups in total. The second kappa shape index (κ2) is 42.7. The molecule has 0 saturated heterocycles. The van der Waals surface area contributed by atoms with Gasteiger partial charge in [-0.05, 0) is 0 Å². The predicted octanol–water partition coefficient (Wildman–Crippen LogP) is -0.446.